The fourth-order valence-corrected chi connectivity index (χ4v) is 7.05. The van der Waals surface area contributed by atoms with Crippen LogP contribution in [0.25, 0.3) is 16.9 Å². The van der Waals surface area contributed by atoms with E-state index in [1.165, 1.54) is 11.8 Å². The van der Waals surface area contributed by atoms with Gasteiger partial charge in [0.1, 0.15) is 18.1 Å². The molecular formula is C34H36N4O4S. The number of aromatic nitrogens is 2. The molecule has 8 nitrogen and oxygen atoms in total. The molecule has 0 aliphatic carbocycles. The number of hydrogen-bond donors (Lipinski definition) is 1. The second-order valence-corrected chi connectivity index (χ2v) is 12.0. The molecule has 0 unspecified atom stereocenters. The minimum atomic E-state index is -0.274. The van der Waals surface area contributed by atoms with Crippen molar-refractivity contribution in [2.75, 3.05) is 37.5 Å². The van der Waals surface area contributed by atoms with Crippen molar-refractivity contribution < 1.29 is 19.1 Å². The Labute approximate surface area is 256 Å². The number of amides is 2. The van der Waals surface area contributed by atoms with Crippen molar-refractivity contribution in [2.24, 2.45) is 0 Å². The van der Waals surface area contributed by atoms with Gasteiger partial charge in [-0.2, -0.15) is 5.10 Å². The molecule has 9 heteroatoms. The lowest BCUT2D eigenvalue weighted by atomic mass is 9.98. The quantitative estimate of drug-likeness (QED) is 0.284. The van der Waals surface area contributed by atoms with Gasteiger partial charge in [0.15, 0.2) is 0 Å². The number of ether oxygens (including phenoxy) is 2. The number of thioether (sulfide) groups is 1. The van der Waals surface area contributed by atoms with Gasteiger partial charge in [0, 0.05) is 29.8 Å². The van der Waals surface area contributed by atoms with Crippen molar-refractivity contribution in [1.82, 2.24) is 15.1 Å². The van der Waals surface area contributed by atoms with Gasteiger partial charge in [-0.25, -0.2) is 4.68 Å². The summed E-state index contributed by atoms with van der Waals surface area (Å²) in [5.41, 5.74) is 6.54. The zero-order valence-electron chi connectivity index (χ0n) is 24.7. The van der Waals surface area contributed by atoms with Gasteiger partial charge < -0.3 is 14.8 Å². The number of fused-ring (bicyclic) bond motifs is 1. The number of aryl methyl sites for hydroxylation is 1. The minimum Gasteiger partial charge on any atom is -0.496 e. The summed E-state index contributed by atoms with van der Waals surface area (Å²) in [4.78, 5) is 29.0. The van der Waals surface area contributed by atoms with Crippen molar-refractivity contribution in [1.29, 1.82) is 0 Å². The Hall–Kier alpha value is -4.08. The molecule has 1 fully saturated rings. The van der Waals surface area contributed by atoms with E-state index in [1.54, 1.807) is 12.0 Å². The highest BCUT2D eigenvalue weighted by molar-refractivity contribution is 8.00. The number of carbonyl (C=O) groups excluding carboxylic acids is 2. The third-order valence-corrected chi connectivity index (χ3v) is 9.45. The van der Waals surface area contributed by atoms with Crippen molar-refractivity contribution in [3.8, 4) is 22.7 Å². The van der Waals surface area contributed by atoms with Gasteiger partial charge in [0.25, 0.3) is 0 Å². The van der Waals surface area contributed by atoms with Crippen LogP contribution in [-0.4, -0.2) is 60.3 Å². The van der Waals surface area contributed by atoms with Crippen molar-refractivity contribution in [3.05, 3.63) is 95.1 Å². The van der Waals surface area contributed by atoms with E-state index in [0.29, 0.717) is 19.0 Å². The Morgan fingerprint density at radius 1 is 1.07 bits per heavy atom. The van der Waals surface area contributed by atoms with E-state index in [9.17, 15) is 9.59 Å². The van der Waals surface area contributed by atoms with Gasteiger partial charge in [-0.05, 0) is 49.9 Å². The van der Waals surface area contributed by atoms with E-state index >= 15 is 0 Å². The molecule has 0 radical (unpaired) electrons. The summed E-state index contributed by atoms with van der Waals surface area (Å²) in [6.45, 7) is 5.15. The number of anilines is 1. The second-order valence-electron chi connectivity index (χ2n) is 10.9. The molecule has 1 aromatic heterocycles. The predicted molar refractivity (Wildman–Crippen MR) is 170 cm³/mol. The van der Waals surface area contributed by atoms with E-state index in [1.807, 2.05) is 71.4 Å². The van der Waals surface area contributed by atoms with Crippen LogP contribution in [-0.2, 0) is 14.3 Å². The highest BCUT2D eigenvalue weighted by Crippen LogP contribution is 2.50. The normalized spacial score (nSPS) is 18.3. The predicted octanol–water partition coefficient (Wildman–Crippen LogP) is 5.63. The van der Waals surface area contributed by atoms with Crippen LogP contribution in [0.1, 0.15) is 40.3 Å². The van der Waals surface area contributed by atoms with Gasteiger partial charge in [-0.3, -0.25) is 14.5 Å². The number of para-hydroxylation sites is 1. The summed E-state index contributed by atoms with van der Waals surface area (Å²) < 4.78 is 13.4. The number of hydrogen-bond acceptors (Lipinski definition) is 6. The summed E-state index contributed by atoms with van der Waals surface area (Å²) in [5.74, 6) is 1.15. The zero-order valence-corrected chi connectivity index (χ0v) is 25.5. The molecule has 0 bridgehead atoms. The van der Waals surface area contributed by atoms with Crippen molar-refractivity contribution in [2.45, 2.75) is 38.0 Å². The standard InChI is InChI=1S/C34H36N4O4S/c1-22-11-9-16-27(23(22)2)38-34-31(32(36-38)24-12-5-4-6-13-24)33(26-15-7-8-17-28(26)41-3)43-21-30(40)37(34)20-29(39)35-19-25-14-10-18-42-25/h4-9,11-13,15-17,25,33H,10,14,18-21H2,1-3H3,(H,35,39)/t25-,33-/m1/s1. The molecule has 1 N–H and O–H groups in total. The second kappa shape index (κ2) is 12.7. The van der Waals surface area contributed by atoms with E-state index in [4.69, 9.17) is 14.6 Å². The van der Waals surface area contributed by atoms with E-state index in [2.05, 4.69) is 25.2 Å². The molecule has 4 aromatic rings. The third-order valence-electron chi connectivity index (χ3n) is 8.21. The number of nitrogens with zero attached hydrogens (tertiary/aromatic N) is 3. The van der Waals surface area contributed by atoms with Gasteiger partial charge >= 0.3 is 0 Å². The maximum absolute atomic E-state index is 14.0. The van der Waals surface area contributed by atoms with Gasteiger partial charge in [-0.1, -0.05) is 60.7 Å². The molecule has 222 valence electrons. The number of benzene rings is 3. The van der Waals surface area contributed by atoms with E-state index < -0.39 is 0 Å². The van der Waals surface area contributed by atoms with Crippen LogP contribution >= 0.6 is 11.8 Å². The highest BCUT2D eigenvalue weighted by atomic mass is 32.2. The number of rotatable bonds is 8. The first-order valence-corrected chi connectivity index (χ1v) is 15.7. The van der Waals surface area contributed by atoms with Crippen LogP contribution in [0.3, 0.4) is 0 Å². The molecule has 3 aromatic carbocycles. The van der Waals surface area contributed by atoms with Crippen LogP contribution < -0.4 is 15.0 Å². The largest absolute Gasteiger partial charge is 0.496 e. The summed E-state index contributed by atoms with van der Waals surface area (Å²) in [6.07, 6.45) is 1.92. The van der Waals surface area contributed by atoms with Crippen LogP contribution in [0.15, 0.2) is 72.8 Å². The van der Waals surface area contributed by atoms with Crippen LogP contribution in [0, 0.1) is 13.8 Å². The van der Waals surface area contributed by atoms with Gasteiger partial charge in [0.05, 0.1) is 35.6 Å². The average molecular weight is 597 g/mol. The fourth-order valence-electron chi connectivity index (χ4n) is 5.82. The summed E-state index contributed by atoms with van der Waals surface area (Å²) in [7, 11) is 1.66. The number of methoxy groups -OCH3 is 1. The lowest BCUT2D eigenvalue weighted by Gasteiger charge is -2.24. The Bertz CT molecular complexity index is 1630. The third kappa shape index (κ3) is 5.79. The molecular weight excluding hydrogens is 560 g/mol. The minimum absolute atomic E-state index is 0.00924. The smallest absolute Gasteiger partial charge is 0.240 e. The SMILES string of the molecule is COc1ccccc1[C@H]1SCC(=O)N(CC(=O)NC[C@H]2CCCO2)c2c1c(-c1ccccc1)nn2-c1cccc(C)c1C. The van der Waals surface area contributed by atoms with Gasteiger partial charge in [0.2, 0.25) is 11.8 Å². The number of nitrogens with one attached hydrogen (secondary N) is 1. The lowest BCUT2D eigenvalue weighted by Crippen LogP contribution is -2.44. The maximum atomic E-state index is 14.0. The number of carbonyl (C=O) groups is 2. The molecule has 3 heterocycles. The molecule has 43 heavy (non-hydrogen) atoms. The molecule has 2 amide bonds. The van der Waals surface area contributed by atoms with Crippen molar-refractivity contribution >= 4 is 29.4 Å². The summed E-state index contributed by atoms with van der Waals surface area (Å²) in [6, 6.07) is 24.0. The fraction of sp³-hybridized carbons (Fsp3) is 0.324. The van der Waals surface area contributed by atoms with Gasteiger partial charge in [-0.15, -0.1) is 11.8 Å². The van der Waals surface area contributed by atoms with Crippen LogP contribution in [0.5, 0.6) is 5.75 Å². The Kier molecular flexibility index (Phi) is 8.54. The Morgan fingerprint density at radius 3 is 2.63 bits per heavy atom. The molecule has 6 rings (SSSR count). The monoisotopic (exact) mass is 596 g/mol. The first kappa shape index (κ1) is 29.0. The topological polar surface area (TPSA) is 85.7 Å². The van der Waals surface area contributed by atoms with Crippen molar-refractivity contribution in [3.63, 3.8) is 0 Å². The Morgan fingerprint density at radius 2 is 1.86 bits per heavy atom. The zero-order chi connectivity index (χ0) is 29.9. The van der Waals surface area contributed by atoms with Crippen LogP contribution in [0.4, 0.5) is 5.82 Å². The first-order chi connectivity index (χ1) is 21.0. The average Bonchev–Trinajstić information content (AvgIpc) is 3.67. The summed E-state index contributed by atoms with van der Waals surface area (Å²) in [5, 5.41) is 7.96. The van der Waals surface area contributed by atoms with Crippen LogP contribution in [0.2, 0.25) is 0 Å². The van der Waals surface area contributed by atoms with E-state index in [0.717, 1.165) is 57.8 Å². The molecule has 0 spiro atoms. The lowest BCUT2D eigenvalue weighted by molar-refractivity contribution is -0.123. The molecule has 2 aliphatic rings. The Balaban J connectivity index is 1.56. The highest BCUT2D eigenvalue weighted by Gasteiger charge is 2.39. The molecule has 0 saturated carbocycles. The molecule has 1 saturated heterocycles. The summed E-state index contributed by atoms with van der Waals surface area (Å²) >= 11 is 1.53. The maximum Gasteiger partial charge on any atom is 0.240 e. The first-order valence-electron chi connectivity index (χ1n) is 14.6. The molecule has 2 aliphatic heterocycles. The molecule has 2 atom stereocenters. The van der Waals surface area contributed by atoms with E-state index in [-0.39, 0.29) is 35.5 Å².